The number of aliphatic hydroxyl groups excluding tert-OH is 1. The van der Waals surface area contributed by atoms with E-state index in [1.165, 1.54) is 6.08 Å². The molecule has 0 rings (SSSR count). The van der Waals surface area contributed by atoms with Crippen LogP contribution >= 0.6 is 0 Å². The van der Waals surface area contributed by atoms with Gasteiger partial charge in [-0.3, -0.25) is 0 Å². The molecular weight excluding hydrogens is 164 g/mol. The largest absolute Gasteiger partial charge is 0.389 e. The van der Waals surface area contributed by atoms with Crippen LogP contribution in [0.25, 0.3) is 0 Å². The van der Waals surface area contributed by atoms with Crippen LogP contribution in [0.4, 0.5) is 0 Å². The highest BCUT2D eigenvalue weighted by atomic mass is 16.5. The van der Waals surface area contributed by atoms with Crippen LogP contribution < -0.4 is 0 Å². The van der Waals surface area contributed by atoms with E-state index < -0.39 is 11.7 Å². The minimum absolute atomic E-state index is 0.0405. The molecule has 0 saturated heterocycles. The van der Waals surface area contributed by atoms with E-state index in [0.29, 0.717) is 0 Å². The van der Waals surface area contributed by atoms with Crippen molar-refractivity contribution in [3.05, 3.63) is 12.7 Å². The molecule has 2 atom stereocenters. The Hall–Kier alpha value is -0.780. The zero-order valence-electron chi connectivity index (χ0n) is 8.79. The highest BCUT2D eigenvalue weighted by Crippen LogP contribution is 2.16. The predicted octanol–water partition coefficient (Wildman–Crippen LogP) is 1.74. The summed E-state index contributed by atoms with van der Waals surface area (Å²) in [5.41, 5.74) is -0.803. The summed E-state index contributed by atoms with van der Waals surface area (Å²) in [4.78, 5) is 0. The summed E-state index contributed by atoms with van der Waals surface area (Å²) < 4.78 is 5.53. The van der Waals surface area contributed by atoms with E-state index in [9.17, 15) is 5.11 Å². The molecule has 0 bridgehead atoms. The van der Waals surface area contributed by atoms with Crippen molar-refractivity contribution in [1.82, 2.24) is 0 Å². The van der Waals surface area contributed by atoms with Gasteiger partial charge >= 0.3 is 0 Å². The molecular formula is C11H18O2. The molecule has 1 N–H and O–H groups in total. The second-order valence-electron chi connectivity index (χ2n) is 3.42. The van der Waals surface area contributed by atoms with E-state index >= 15 is 0 Å². The molecule has 0 aromatic heterocycles. The third kappa shape index (κ3) is 4.12. The summed E-state index contributed by atoms with van der Waals surface area (Å²) in [5.74, 6) is 5.54. The first-order valence-electron chi connectivity index (χ1n) is 4.42. The number of allylic oxidation sites excluding steroid dienone is 1. The Bertz CT molecular complexity index is 220. The molecule has 0 heterocycles. The molecule has 0 aliphatic heterocycles. The fraction of sp³-hybridized carbons (Fsp3) is 0.636. The number of aliphatic hydroxyl groups is 1. The van der Waals surface area contributed by atoms with Gasteiger partial charge in [-0.05, 0) is 33.8 Å². The van der Waals surface area contributed by atoms with Crippen molar-refractivity contribution in [1.29, 1.82) is 0 Å². The summed E-state index contributed by atoms with van der Waals surface area (Å²) in [6.07, 6.45) is 0.908. The van der Waals surface area contributed by atoms with Gasteiger partial charge in [-0.25, -0.2) is 0 Å². The molecule has 0 amide bonds. The fourth-order valence-corrected chi connectivity index (χ4v) is 0.916. The molecule has 0 aromatic rings. The zero-order chi connectivity index (χ0) is 10.5. The molecule has 2 heteroatoms. The summed E-state index contributed by atoms with van der Waals surface area (Å²) in [6, 6.07) is 0. The van der Waals surface area contributed by atoms with E-state index in [0.717, 1.165) is 0 Å². The smallest absolute Gasteiger partial charge is 0.151 e. The van der Waals surface area contributed by atoms with Gasteiger partial charge in [-0.15, -0.1) is 0 Å². The first kappa shape index (κ1) is 12.2. The fourth-order valence-electron chi connectivity index (χ4n) is 0.916. The number of ether oxygens (including phenoxy) is 1. The van der Waals surface area contributed by atoms with Crippen molar-refractivity contribution < 1.29 is 9.84 Å². The summed E-state index contributed by atoms with van der Waals surface area (Å²) in [7, 11) is 0. The lowest BCUT2D eigenvalue weighted by Gasteiger charge is -2.29. The van der Waals surface area contributed by atoms with Crippen molar-refractivity contribution in [3.63, 3.8) is 0 Å². The van der Waals surface area contributed by atoms with Crippen LogP contribution in [-0.4, -0.2) is 22.9 Å². The molecule has 0 saturated carbocycles. The molecule has 2 nitrogen and oxygen atoms in total. The number of hydrogen-bond acceptors (Lipinski definition) is 2. The topological polar surface area (TPSA) is 29.5 Å². The molecule has 2 unspecified atom stereocenters. The van der Waals surface area contributed by atoms with Crippen molar-refractivity contribution in [3.8, 4) is 11.8 Å². The quantitative estimate of drug-likeness (QED) is 0.674. The first-order valence-corrected chi connectivity index (χ1v) is 4.42. The van der Waals surface area contributed by atoms with E-state index in [1.807, 2.05) is 13.8 Å². The summed E-state index contributed by atoms with van der Waals surface area (Å²) in [5, 5.41) is 9.49. The summed E-state index contributed by atoms with van der Waals surface area (Å²) in [6.45, 7) is 10.8. The highest BCUT2D eigenvalue weighted by Gasteiger charge is 2.29. The Balaban J connectivity index is 4.62. The Morgan fingerprint density at radius 3 is 2.31 bits per heavy atom. The van der Waals surface area contributed by atoms with Gasteiger partial charge in [0, 0.05) is 0 Å². The second-order valence-corrected chi connectivity index (χ2v) is 3.42. The van der Waals surface area contributed by atoms with Gasteiger partial charge in [-0.2, -0.15) is 0 Å². The lowest BCUT2D eigenvalue weighted by atomic mass is 10.0. The monoisotopic (exact) mass is 182 g/mol. The van der Waals surface area contributed by atoms with E-state index in [2.05, 4.69) is 18.4 Å². The van der Waals surface area contributed by atoms with Crippen LogP contribution in [0.3, 0.4) is 0 Å². The van der Waals surface area contributed by atoms with Crippen LogP contribution in [0.1, 0.15) is 27.7 Å². The molecule has 0 radical (unpaired) electrons. The maximum atomic E-state index is 9.49. The molecule has 13 heavy (non-hydrogen) atoms. The zero-order valence-corrected chi connectivity index (χ0v) is 8.79. The lowest BCUT2D eigenvalue weighted by Crippen LogP contribution is -2.40. The lowest BCUT2D eigenvalue weighted by molar-refractivity contribution is -0.0934. The van der Waals surface area contributed by atoms with E-state index in [-0.39, 0.29) is 6.10 Å². The van der Waals surface area contributed by atoms with Crippen molar-refractivity contribution >= 4 is 0 Å². The molecule has 74 valence electrons. The van der Waals surface area contributed by atoms with Gasteiger partial charge in [0.05, 0.1) is 12.2 Å². The van der Waals surface area contributed by atoms with Gasteiger partial charge in [-0.1, -0.05) is 18.4 Å². The third-order valence-electron chi connectivity index (χ3n) is 1.70. The maximum Gasteiger partial charge on any atom is 0.151 e. The SMILES string of the molecule is C=CC#CC(C)(OC(C)C)C(C)O. The Morgan fingerprint density at radius 1 is 1.46 bits per heavy atom. The van der Waals surface area contributed by atoms with Crippen LogP contribution in [0, 0.1) is 11.8 Å². The standard InChI is InChI=1S/C11H18O2/c1-6-7-8-11(5,10(4)12)13-9(2)3/h6,9-10,12H,1H2,2-5H3. The van der Waals surface area contributed by atoms with Gasteiger partial charge in [0.25, 0.3) is 0 Å². The van der Waals surface area contributed by atoms with Gasteiger partial charge in [0.2, 0.25) is 0 Å². The second kappa shape index (κ2) is 5.06. The minimum atomic E-state index is -0.803. The predicted molar refractivity (Wildman–Crippen MR) is 54.3 cm³/mol. The van der Waals surface area contributed by atoms with E-state index in [4.69, 9.17) is 4.74 Å². The molecule has 0 aliphatic carbocycles. The molecule has 0 aliphatic rings. The average Bonchev–Trinajstić information content (AvgIpc) is 1.99. The summed E-state index contributed by atoms with van der Waals surface area (Å²) >= 11 is 0. The van der Waals surface area contributed by atoms with Crippen LogP contribution in [0.2, 0.25) is 0 Å². The van der Waals surface area contributed by atoms with Crippen molar-refractivity contribution in [2.75, 3.05) is 0 Å². The van der Waals surface area contributed by atoms with Crippen LogP contribution in [-0.2, 0) is 4.74 Å². The van der Waals surface area contributed by atoms with Gasteiger partial charge < -0.3 is 9.84 Å². The van der Waals surface area contributed by atoms with Crippen molar-refractivity contribution in [2.45, 2.75) is 45.5 Å². The minimum Gasteiger partial charge on any atom is -0.389 e. The third-order valence-corrected chi connectivity index (χ3v) is 1.70. The average molecular weight is 182 g/mol. The molecule has 0 aromatic carbocycles. The first-order chi connectivity index (χ1) is 5.92. The van der Waals surface area contributed by atoms with Crippen LogP contribution in [0.5, 0.6) is 0 Å². The number of rotatable bonds is 3. The van der Waals surface area contributed by atoms with Crippen molar-refractivity contribution in [2.24, 2.45) is 0 Å². The maximum absolute atomic E-state index is 9.49. The van der Waals surface area contributed by atoms with Crippen LogP contribution in [0.15, 0.2) is 12.7 Å². The van der Waals surface area contributed by atoms with E-state index in [1.54, 1.807) is 13.8 Å². The van der Waals surface area contributed by atoms with Gasteiger partial charge in [0.15, 0.2) is 5.60 Å². The Labute approximate surface area is 80.6 Å². The Morgan fingerprint density at radius 2 is 2.00 bits per heavy atom. The highest BCUT2D eigenvalue weighted by molar-refractivity contribution is 5.21. The number of hydrogen-bond donors (Lipinski definition) is 1. The molecule has 0 fully saturated rings. The normalized spacial score (nSPS) is 17.1. The Kier molecular flexibility index (Phi) is 4.76. The van der Waals surface area contributed by atoms with Gasteiger partial charge in [0.1, 0.15) is 0 Å². The molecule has 0 spiro atoms.